The van der Waals surface area contributed by atoms with Crippen LogP contribution >= 0.6 is 23.2 Å². The fourth-order valence-electron chi connectivity index (χ4n) is 2.95. The number of carbonyl (C=O) groups is 2. The van der Waals surface area contributed by atoms with Gasteiger partial charge in [-0.05, 0) is 57.0 Å². The van der Waals surface area contributed by atoms with Crippen molar-refractivity contribution in [3.63, 3.8) is 0 Å². The first-order chi connectivity index (χ1) is 11.5. The molecule has 0 saturated carbocycles. The third-order valence-electron chi connectivity index (χ3n) is 4.19. The largest absolute Gasteiger partial charge is 0.481 e. The maximum Gasteiger partial charge on any atom is 0.303 e. The molecule has 1 fully saturated rings. The Bertz CT molecular complexity index is 595. The normalized spacial score (nSPS) is 18.3. The molecule has 24 heavy (non-hydrogen) atoms. The molecule has 0 bridgehead atoms. The first-order valence-electron chi connectivity index (χ1n) is 8.19. The van der Waals surface area contributed by atoms with E-state index in [4.69, 9.17) is 28.3 Å². The van der Waals surface area contributed by atoms with Crippen LogP contribution in [-0.2, 0) is 9.59 Å². The highest BCUT2D eigenvalue weighted by atomic mass is 35.5. The molecule has 2 N–H and O–H groups in total. The van der Waals surface area contributed by atoms with Gasteiger partial charge in [-0.1, -0.05) is 29.6 Å². The van der Waals surface area contributed by atoms with E-state index < -0.39 is 5.97 Å². The van der Waals surface area contributed by atoms with Crippen LogP contribution in [0.4, 0.5) is 5.69 Å². The molecule has 132 valence electrons. The molecule has 1 aromatic carbocycles. The summed E-state index contributed by atoms with van der Waals surface area (Å²) >= 11 is 11.9. The number of likely N-dealkylation sites (tertiary alicyclic amines) is 1. The predicted molar refractivity (Wildman–Crippen MR) is 95.8 cm³/mol. The fourth-order valence-corrected chi connectivity index (χ4v) is 3.24. The standard InChI is InChI=1S/C17H22Cl2N2O3/c18-13-8-7-12(11-14(13)19)20-17(24)15-5-1-3-9-21(15)10-4-2-6-16(22)23/h7-8,11,15H,1-6,9-10H2,(H,20,24)(H,22,23). The minimum Gasteiger partial charge on any atom is -0.481 e. The number of hydrogen-bond donors (Lipinski definition) is 2. The van der Waals surface area contributed by atoms with Gasteiger partial charge >= 0.3 is 5.97 Å². The summed E-state index contributed by atoms with van der Waals surface area (Å²) in [7, 11) is 0. The van der Waals surface area contributed by atoms with Crippen molar-refractivity contribution in [2.24, 2.45) is 0 Å². The third kappa shape index (κ3) is 5.65. The van der Waals surface area contributed by atoms with Gasteiger partial charge in [0.05, 0.1) is 16.1 Å². The number of benzene rings is 1. The Hall–Kier alpha value is -1.30. The van der Waals surface area contributed by atoms with Crippen LogP contribution in [0, 0.1) is 0 Å². The summed E-state index contributed by atoms with van der Waals surface area (Å²) in [4.78, 5) is 25.3. The summed E-state index contributed by atoms with van der Waals surface area (Å²) in [6, 6.07) is 4.84. The van der Waals surface area contributed by atoms with E-state index in [1.165, 1.54) is 0 Å². The Kier molecular flexibility index (Phi) is 7.34. The number of amides is 1. The molecule has 1 aliphatic heterocycles. The van der Waals surface area contributed by atoms with Crippen LogP contribution in [0.3, 0.4) is 0 Å². The number of nitrogens with one attached hydrogen (secondary N) is 1. The van der Waals surface area contributed by atoms with E-state index >= 15 is 0 Å². The summed E-state index contributed by atoms with van der Waals surface area (Å²) in [5.74, 6) is -0.825. The summed E-state index contributed by atoms with van der Waals surface area (Å²) in [5.41, 5.74) is 0.630. The molecule has 1 saturated heterocycles. The van der Waals surface area contributed by atoms with Crippen molar-refractivity contribution in [2.75, 3.05) is 18.4 Å². The average Bonchev–Trinajstić information content (AvgIpc) is 2.55. The number of rotatable bonds is 7. The van der Waals surface area contributed by atoms with E-state index in [2.05, 4.69) is 10.2 Å². The van der Waals surface area contributed by atoms with Gasteiger partial charge in [0, 0.05) is 12.1 Å². The van der Waals surface area contributed by atoms with Crippen LogP contribution in [0.25, 0.3) is 0 Å². The Labute approximate surface area is 151 Å². The summed E-state index contributed by atoms with van der Waals surface area (Å²) in [6.07, 6.45) is 4.48. The summed E-state index contributed by atoms with van der Waals surface area (Å²) in [5, 5.41) is 12.5. The highest BCUT2D eigenvalue weighted by Gasteiger charge is 2.28. The Balaban J connectivity index is 1.91. The molecule has 0 aromatic heterocycles. The molecule has 2 rings (SSSR count). The number of aliphatic carboxylic acids is 1. The van der Waals surface area contributed by atoms with Crippen LogP contribution in [0.15, 0.2) is 18.2 Å². The number of carboxylic acid groups (broad SMARTS) is 1. The Morgan fingerprint density at radius 1 is 1.21 bits per heavy atom. The fraction of sp³-hybridized carbons (Fsp3) is 0.529. The molecule has 1 aliphatic rings. The maximum absolute atomic E-state index is 12.6. The smallest absolute Gasteiger partial charge is 0.303 e. The lowest BCUT2D eigenvalue weighted by Gasteiger charge is -2.34. The lowest BCUT2D eigenvalue weighted by atomic mass is 10.0. The first-order valence-corrected chi connectivity index (χ1v) is 8.94. The topological polar surface area (TPSA) is 69.6 Å². The number of carbonyl (C=O) groups excluding carboxylic acids is 1. The van der Waals surface area contributed by atoms with Gasteiger partial charge in [0.1, 0.15) is 0 Å². The molecule has 1 unspecified atom stereocenters. The molecule has 1 aromatic rings. The van der Waals surface area contributed by atoms with E-state index in [-0.39, 0.29) is 18.4 Å². The quantitative estimate of drug-likeness (QED) is 0.708. The molecule has 7 heteroatoms. The minimum atomic E-state index is -0.775. The zero-order valence-corrected chi connectivity index (χ0v) is 14.9. The van der Waals surface area contributed by atoms with Crippen LogP contribution in [0.2, 0.25) is 10.0 Å². The van der Waals surface area contributed by atoms with Crippen LogP contribution in [0.5, 0.6) is 0 Å². The minimum absolute atomic E-state index is 0.0497. The number of anilines is 1. The number of nitrogens with zero attached hydrogens (tertiary/aromatic N) is 1. The highest BCUT2D eigenvalue weighted by Crippen LogP contribution is 2.26. The van der Waals surface area contributed by atoms with Crippen molar-refractivity contribution in [1.29, 1.82) is 0 Å². The summed E-state index contributed by atoms with van der Waals surface area (Å²) < 4.78 is 0. The van der Waals surface area contributed by atoms with Crippen molar-refractivity contribution in [2.45, 2.75) is 44.6 Å². The van der Waals surface area contributed by atoms with Gasteiger partial charge in [0.25, 0.3) is 0 Å². The van der Waals surface area contributed by atoms with E-state index in [1.807, 2.05) is 0 Å². The van der Waals surface area contributed by atoms with E-state index in [1.54, 1.807) is 18.2 Å². The van der Waals surface area contributed by atoms with E-state index in [0.717, 1.165) is 38.8 Å². The molecule has 0 spiro atoms. The molecule has 5 nitrogen and oxygen atoms in total. The molecule has 1 atom stereocenters. The molecule has 1 heterocycles. The average molecular weight is 373 g/mol. The van der Waals surface area contributed by atoms with Gasteiger partial charge in [0.15, 0.2) is 0 Å². The second kappa shape index (κ2) is 9.25. The number of unbranched alkanes of at least 4 members (excludes halogenated alkanes) is 1. The predicted octanol–water partition coefficient (Wildman–Crippen LogP) is 4.04. The third-order valence-corrected chi connectivity index (χ3v) is 4.93. The molecule has 0 aliphatic carbocycles. The van der Waals surface area contributed by atoms with Crippen molar-refractivity contribution in [3.8, 4) is 0 Å². The van der Waals surface area contributed by atoms with Crippen molar-refractivity contribution >= 4 is 40.8 Å². The number of hydrogen-bond acceptors (Lipinski definition) is 3. The van der Waals surface area contributed by atoms with Gasteiger partial charge in [-0.2, -0.15) is 0 Å². The van der Waals surface area contributed by atoms with Crippen molar-refractivity contribution < 1.29 is 14.7 Å². The second-order valence-electron chi connectivity index (χ2n) is 6.02. The maximum atomic E-state index is 12.6. The van der Waals surface area contributed by atoms with Crippen LogP contribution in [-0.4, -0.2) is 41.0 Å². The SMILES string of the molecule is O=C(O)CCCCN1CCCCC1C(=O)Nc1ccc(Cl)c(Cl)c1. The molecule has 1 amide bonds. The number of piperidine rings is 1. The van der Waals surface area contributed by atoms with Crippen molar-refractivity contribution in [3.05, 3.63) is 28.2 Å². The summed E-state index contributed by atoms with van der Waals surface area (Å²) in [6.45, 7) is 1.61. The van der Waals surface area contributed by atoms with Gasteiger partial charge in [-0.15, -0.1) is 0 Å². The van der Waals surface area contributed by atoms with E-state index in [0.29, 0.717) is 22.2 Å². The van der Waals surface area contributed by atoms with Crippen LogP contribution in [0.1, 0.15) is 38.5 Å². The van der Waals surface area contributed by atoms with Crippen LogP contribution < -0.4 is 5.32 Å². The van der Waals surface area contributed by atoms with E-state index in [9.17, 15) is 9.59 Å². The number of halogens is 2. The zero-order chi connectivity index (χ0) is 17.5. The Morgan fingerprint density at radius 3 is 2.71 bits per heavy atom. The molecular weight excluding hydrogens is 351 g/mol. The Morgan fingerprint density at radius 2 is 2.00 bits per heavy atom. The lowest BCUT2D eigenvalue weighted by Crippen LogP contribution is -2.47. The van der Waals surface area contributed by atoms with Gasteiger partial charge in [0.2, 0.25) is 5.91 Å². The zero-order valence-electron chi connectivity index (χ0n) is 13.4. The monoisotopic (exact) mass is 372 g/mol. The highest BCUT2D eigenvalue weighted by molar-refractivity contribution is 6.42. The van der Waals surface area contributed by atoms with Gasteiger partial charge < -0.3 is 10.4 Å². The molecule has 0 radical (unpaired) electrons. The number of carboxylic acids is 1. The first kappa shape index (κ1) is 19.0. The van der Waals surface area contributed by atoms with Gasteiger partial charge in [-0.25, -0.2) is 0 Å². The molecular formula is C17H22Cl2N2O3. The van der Waals surface area contributed by atoms with Gasteiger partial charge in [-0.3, -0.25) is 14.5 Å². The lowest BCUT2D eigenvalue weighted by molar-refractivity contribution is -0.137. The second-order valence-corrected chi connectivity index (χ2v) is 6.83. The van der Waals surface area contributed by atoms with Crippen molar-refractivity contribution in [1.82, 2.24) is 4.90 Å².